The molecule has 3 rings (SSSR count). The minimum atomic E-state index is -0.256. The number of halogens is 1. The van der Waals surface area contributed by atoms with Gasteiger partial charge in [0.05, 0.1) is 4.88 Å². The van der Waals surface area contributed by atoms with Crippen molar-refractivity contribution in [1.82, 2.24) is 4.90 Å². The predicted octanol–water partition coefficient (Wildman–Crippen LogP) is 3.04. The van der Waals surface area contributed by atoms with Crippen molar-refractivity contribution < 1.29 is 9.18 Å². The highest BCUT2D eigenvalue weighted by Crippen LogP contribution is 2.32. The molecule has 1 aliphatic rings. The Bertz CT molecular complexity index is 665. The smallest absolute Gasteiger partial charge is 0.264 e. The molecule has 1 amide bonds. The van der Waals surface area contributed by atoms with Crippen molar-refractivity contribution in [2.75, 3.05) is 13.1 Å². The minimum Gasteiger partial charge on any atom is -0.336 e. The van der Waals surface area contributed by atoms with Crippen LogP contribution < -0.4 is 5.73 Å². The number of thiophene rings is 1. The van der Waals surface area contributed by atoms with Crippen molar-refractivity contribution in [2.45, 2.75) is 19.4 Å². The summed E-state index contributed by atoms with van der Waals surface area (Å²) in [6.07, 6.45) is 0.862. The van der Waals surface area contributed by atoms with Gasteiger partial charge in [0.25, 0.3) is 5.91 Å². The molecule has 1 saturated heterocycles. The lowest BCUT2D eigenvalue weighted by Crippen LogP contribution is -2.31. The number of hydrogen-bond donors (Lipinski definition) is 1. The SMILES string of the molecule is Cc1sc(C(=O)N2CC[C@H](N)C2)cc1-c1ccc(F)cc1. The summed E-state index contributed by atoms with van der Waals surface area (Å²) < 4.78 is 13.0. The molecule has 1 aromatic heterocycles. The molecule has 3 nitrogen and oxygen atoms in total. The second-order valence-electron chi connectivity index (χ2n) is 5.39. The van der Waals surface area contributed by atoms with E-state index in [-0.39, 0.29) is 17.8 Å². The van der Waals surface area contributed by atoms with E-state index in [4.69, 9.17) is 5.73 Å². The number of carbonyl (C=O) groups is 1. The van der Waals surface area contributed by atoms with Crippen LogP contribution in [0, 0.1) is 12.7 Å². The van der Waals surface area contributed by atoms with E-state index < -0.39 is 0 Å². The number of hydrogen-bond acceptors (Lipinski definition) is 3. The Morgan fingerprint density at radius 3 is 2.71 bits per heavy atom. The highest BCUT2D eigenvalue weighted by Gasteiger charge is 2.26. The number of nitrogens with zero attached hydrogens (tertiary/aromatic N) is 1. The molecule has 0 aliphatic carbocycles. The lowest BCUT2D eigenvalue weighted by atomic mass is 10.1. The van der Waals surface area contributed by atoms with Gasteiger partial charge in [0.15, 0.2) is 0 Å². The summed E-state index contributed by atoms with van der Waals surface area (Å²) >= 11 is 1.48. The van der Waals surface area contributed by atoms with Crippen molar-refractivity contribution in [2.24, 2.45) is 5.73 Å². The molecular weight excluding hydrogens is 287 g/mol. The van der Waals surface area contributed by atoms with E-state index in [9.17, 15) is 9.18 Å². The third-order valence-corrected chi connectivity index (χ3v) is 4.83. The molecule has 0 bridgehead atoms. The van der Waals surface area contributed by atoms with Gasteiger partial charge >= 0.3 is 0 Å². The summed E-state index contributed by atoms with van der Waals surface area (Å²) in [6, 6.07) is 8.35. The fraction of sp³-hybridized carbons (Fsp3) is 0.312. The van der Waals surface area contributed by atoms with Gasteiger partial charge in [-0.2, -0.15) is 0 Å². The van der Waals surface area contributed by atoms with E-state index in [0.717, 1.165) is 33.8 Å². The van der Waals surface area contributed by atoms with Crippen LogP contribution in [0.1, 0.15) is 21.0 Å². The molecule has 21 heavy (non-hydrogen) atoms. The molecule has 1 aromatic carbocycles. The second kappa shape index (κ2) is 5.58. The molecular formula is C16H17FN2OS. The Balaban J connectivity index is 1.87. The summed E-state index contributed by atoms with van der Waals surface area (Å²) in [7, 11) is 0. The second-order valence-corrected chi connectivity index (χ2v) is 6.64. The summed E-state index contributed by atoms with van der Waals surface area (Å²) in [5.41, 5.74) is 7.78. The van der Waals surface area contributed by atoms with Crippen LogP contribution in [0.2, 0.25) is 0 Å². The lowest BCUT2D eigenvalue weighted by Gasteiger charge is -2.14. The Labute approximate surface area is 127 Å². The first-order valence-corrected chi connectivity index (χ1v) is 7.77. The number of carbonyl (C=O) groups excluding carboxylic acids is 1. The zero-order valence-electron chi connectivity index (χ0n) is 11.8. The average molecular weight is 304 g/mol. The average Bonchev–Trinajstić information content (AvgIpc) is 3.05. The fourth-order valence-electron chi connectivity index (χ4n) is 2.63. The first kappa shape index (κ1) is 14.2. The molecule has 0 saturated carbocycles. The molecule has 0 radical (unpaired) electrons. The zero-order chi connectivity index (χ0) is 15.0. The van der Waals surface area contributed by atoms with Crippen molar-refractivity contribution in [1.29, 1.82) is 0 Å². The van der Waals surface area contributed by atoms with Crippen molar-refractivity contribution >= 4 is 17.2 Å². The first-order valence-electron chi connectivity index (χ1n) is 6.96. The maximum atomic E-state index is 13.0. The van der Waals surface area contributed by atoms with Crippen LogP contribution in [-0.4, -0.2) is 29.9 Å². The number of benzene rings is 1. The highest BCUT2D eigenvalue weighted by atomic mass is 32.1. The summed E-state index contributed by atoms with van der Waals surface area (Å²) in [6.45, 7) is 3.33. The van der Waals surface area contributed by atoms with Gasteiger partial charge in [-0.15, -0.1) is 11.3 Å². The van der Waals surface area contributed by atoms with Crippen LogP contribution in [0.4, 0.5) is 4.39 Å². The van der Waals surface area contributed by atoms with Crippen molar-refractivity contribution in [3.8, 4) is 11.1 Å². The first-order chi connectivity index (χ1) is 10.0. The van der Waals surface area contributed by atoms with Crippen molar-refractivity contribution in [3.63, 3.8) is 0 Å². The Morgan fingerprint density at radius 1 is 1.38 bits per heavy atom. The predicted molar refractivity (Wildman–Crippen MR) is 82.9 cm³/mol. The molecule has 1 atom stereocenters. The van der Waals surface area contributed by atoms with Crippen LogP contribution in [0.3, 0.4) is 0 Å². The van der Waals surface area contributed by atoms with Gasteiger partial charge in [0.1, 0.15) is 5.82 Å². The molecule has 1 aliphatic heterocycles. The molecule has 110 valence electrons. The Morgan fingerprint density at radius 2 is 2.10 bits per heavy atom. The Kier molecular flexibility index (Phi) is 3.78. The van der Waals surface area contributed by atoms with E-state index >= 15 is 0 Å². The third-order valence-electron chi connectivity index (χ3n) is 3.80. The summed E-state index contributed by atoms with van der Waals surface area (Å²) in [5, 5.41) is 0. The van der Waals surface area contributed by atoms with Gasteiger partial charge in [-0.1, -0.05) is 12.1 Å². The van der Waals surface area contributed by atoms with E-state index in [2.05, 4.69) is 0 Å². The van der Waals surface area contributed by atoms with Gasteiger partial charge in [-0.3, -0.25) is 4.79 Å². The molecule has 5 heteroatoms. The van der Waals surface area contributed by atoms with Gasteiger partial charge in [-0.05, 0) is 42.7 Å². The number of rotatable bonds is 2. The van der Waals surface area contributed by atoms with E-state index in [0.29, 0.717) is 6.54 Å². The normalized spacial score (nSPS) is 18.2. The van der Waals surface area contributed by atoms with Crippen LogP contribution in [0.25, 0.3) is 11.1 Å². The van der Waals surface area contributed by atoms with Crippen LogP contribution in [0.5, 0.6) is 0 Å². The maximum absolute atomic E-state index is 13.0. The number of likely N-dealkylation sites (tertiary alicyclic amines) is 1. The van der Waals surface area contributed by atoms with Crippen LogP contribution >= 0.6 is 11.3 Å². The third kappa shape index (κ3) is 2.84. The molecule has 2 aromatic rings. The lowest BCUT2D eigenvalue weighted by molar-refractivity contribution is 0.0795. The molecule has 1 fully saturated rings. The van der Waals surface area contributed by atoms with Gasteiger partial charge < -0.3 is 10.6 Å². The summed E-state index contributed by atoms with van der Waals surface area (Å²) in [4.78, 5) is 16.1. The largest absolute Gasteiger partial charge is 0.336 e. The fourth-order valence-corrected chi connectivity index (χ4v) is 3.64. The van der Waals surface area contributed by atoms with Crippen LogP contribution in [0.15, 0.2) is 30.3 Å². The molecule has 0 spiro atoms. The summed E-state index contributed by atoms with van der Waals surface area (Å²) in [5.74, 6) is -0.210. The van der Waals surface area contributed by atoms with Gasteiger partial charge in [0.2, 0.25) is 0 Å². The molecule has 2 heterocycles. The quantitative estimate of drug-likeness (QED) is 0.927. The maximum Gasteiger partial charge on any atom is 0.264 e. The van der Waals surface area contributed by atoms with Gasteiger partial charge in [-0.25, -0.2) is 4.39 Å². The number of nitrogens with two attached hydrogens (primary N) is 1. The monoisotopic (exact) mass is 304 g/mol. The highest BCUT2D eigenvalue weighted by molar-refractivity contribution is 7.14. The standard InChI is InChI=1S/C16H17FN2OS/c1-10-14(11-2-4-12(17)5-3-11)8-15(21-10)16(20)19-7-6-13(18)9-19/h2-5,8,13H,6-7,9,18H2,1H3/t13-/m0/s1. The Hall–Kier alpha value is -1.72. The van der Waals surface area contributed by atoms with Crippen LogP contribution in [-0.2, 0) is 0 Å². The number of aryl methyl sites for hydroxylation is 1. The molecule has 2 N–H and O–H groups in total. The molecule has 0 unspecified atom stereocenters. The van der Waals surface area contributed by atoms with E-state index in [1.165, 1.54) is 23.5 Å². The van der Waals surface area contributed by atoms with Crippen molar-refractivity contribution in [3.05, 3.63) is 45.9 Å². The zero-order valence-corrected chi connectivity index (χ0v) is 12.6. The van der Waals surface area contributed by atoms with E-state index in [1.807, 2.05) is 17.9 Å². The topological polar surface area (TPSA) is 46.3 Å². The van der Waals surface area contributed by atoms with E-state index in [1.54, 1.807) is 12.1 Å². The number of amides is 1. The minimum absolute atomic E-state index is 0.0458. The van der Waals surface area contributed by atoms with Gasteiger partial charge in [0, 0.05) is 24.0 Å².